The fourth-order valence-electron chi connectivity index (χ4n) is 4.19. The van der Waals surface area contributed by atoms with Crippen molar-refractivity contribution in [2.45, 2.75) is 50.7 Å². The fraction of sp³-hybridized carbons (Fsp3) is 0.526. The van der Waals surface area contributed by atoms with Crippen molar-refractivity contribution < 1.29 is 0 Å². The molecule has 0 radical (unpaired) electrons. The van der Waals surface area contributed by atoms with E-state index in [4.69, 9.17) is 0 Å². The van der Waals surface area contributed by atoms with Gasteiger partial charge in [0.05, 0.1) is 5.52 Å². The van der Waals surface area contributed by atoms with Crippen molar-refractivity contribution in [1.29, 1.82) is 0 Å². The third kappa shape index (κ3) is 2.75. The Bertz CT molecular complexity index is 634. The molecular formula is C19H25N3. The average Bonchev–Trinajstić information content (AvgIpc) is 2.88. The number of hydrogen-bond acceptors (Lipinski definition) is 3. The van der Waals surface area contributed by atoms with Crippen LogP contribution >= 0.6 is 0 Å². The largest absolute Gasteiger partial charge is 0.312 e. The number of para-hydroxylation sites is 1. The number of pyridine rings is 1. The molecule has 0 bridgehead atoms. The van der Waals surface area contributed by atoms with Gasteiger partial charge in [-0.2, -0.15) is 0 Å². The minimum atomic E-state index is 0.702. The molecule has 2 saturated heterocycles. The van der Waals surface area contributed by atoms with Gasteiger partial charge in [0.25, 0.3) is 0 Å². The summed E-state index contributed by atoms with van der Waals surface area (Å²) in [5.41, 5.74) is 2.54. The number of nitrogens with one attached hydrogen (secondary N) is 1. The first kappa shape index (κ1) is 14.2. The zero-order chi connectivity index (χ0) is 14.8. The third-order valence-corrected chi connectivity index (χ3v) is 5.36. The van der Waals surface area contributed by atoms with Crippen molar-refractivity contribution in [2.75, 3.05) is 13.1 Å². The first-order valence-electron chi connectivity index (χ1n) is 8.72. The zero-order valence-corrected chi connectivity index (χ0v) is 13.2. The Morgan fingerprint density at radius 3 is 3.05 bits per heavy atom. The maximum absolute atomic E-state index is 4.49. The summed E-state index contributed by atoms with van der Waals surface area (Å²) in [5.74, 6) is 0. The minimum absolute atomic E-state index is 0.702. The van der Waals surface area contributed by atoms with Crippen molar-refractivity contribution in [3.63, 3.8) is 0 Å². The molecule has 1 N–H and O–H groups in total. The number of nitrogens with zero attached hydrogens (tertiary/aromatic N) is 2. The topological polar surface area (TPSA) is 28.2 Å². The number of benzene rings is 1. The van der Waals surface area contributed by atoms with Crippen molar-refractivity contribution in [3.05, 3.63) is 42.1 Å². The van der Waals surface area contributed by atoms with Crippen molar-refractivity contribution in [1.82, 2.24) is 15.2 Å². The summed E-state index contributed by atoms with van der Waals surface area (Å²) in [7, 11) is 0. The predicted molar refractivity (Wildman–Crippen MR) is 90.8 cm³/mol. The van der Waals surface area contributed by atoms with Crippen LogP contribution in [0.2, 0.25) is 0 Å². The molecule has 1 aromatic heterocycles. The summed E-state index contributed by atoms with van der Waals surface area (Å²) in [6.45, 7) is 3.48. The molecule has 2 aromatic rings. The summed E-state index contributed by atoms with van der Waals surface area (Å²) in [4.78, 5) is 7.19. The van der Waals surface area contributed by atoms with Crippen molar-refractivity contribution in [3.8, 4) is 0 Å². The van der Waals surface area contributed by atoms with Gasteiger partial charge in [-0.15, -0.1) is 0 Å². The maximum Gasteiger partial charge on any atom is 0.0705 e. The van der Waals surface area contributed by atoms with Gasteiger partial charge in [0.2, 0.25) is 0 Å². The van der Waals surface area contributed by atoms with Gasteiger partial charge >= 0.3 is 0 Å². The molecule has 3 heterocycles. The van der Waals surface area contributed by atoms with Crippen molar-refractivity contribution in [2.24, 2.45) is 0 Å². The van der Waals surface area contributed by atoms with Crippen LogP contribution in [0, 0.1) is 0 Å². The summed E-state index contributed by atoms with van der Waals surface area (Å²) < 4.78 is 0. The Morgan fingerprint density at radius 1 is 1.09 bits per heavy atom. The summed E-state index contributed by atoms with van der Waals surface area (Å²) in [5, 5.41) is 5.09. The molecule has 0 saturated carbocycles. The van der Waals surface area contributed by atoms with E-state index in [1.54, 1.807) is 0 Å². The van der Waals surface area contributed by atoms with Crippen molar-refractivity contribution >= 4 is 10.9 Å². The van der Waals surface area contributed by atoms with E-state index >= 15 is 0 Å². The Balaban J connectivity index is 1.57. The molecule has 0 aliphatic carbocycles. The monoisotopic (exact) mass is 295 g/mol. The van der Waals surface area contributed by atoms with Crippen LogP contribution in [0.25, 0.3) is 10.9 Å². The molecule has 2 fully saturated rings. The second kappa shape index (κ2) is 6.35. The Morgan fingerprint density at radius 2 is 2.05 bits per heavy atom. The van der Waals surface area contributed by atoms with Gasteiger partial charge in [0.15, 0.2) is 0 Å². The highest BCUT2D eigenvalue weighted by molar-refractivity contribution is 5.81. The van der Waals surface area contributed by atoms with Crippen LogP contribution in [0.1, 0.15) is 37.7 Å². The molecular weight excluding hydrogens is 270 g/mol. The standard InChI is InChI=1S/C19H25N3/c1-2-8-19-18(20-11-5-1)10-13-22(19)14-15-9-12-21-17-7-4-3-6-16(15)17/h3-4,6-7,9,12,18-20H,1-2,5,8,10-11,13-14H2/t18-,19+/m0/s1. The summed E-state index contributed by atoms with van der Waals surface area (Å²) >= 11 is 0. The Hall–Kier alpha value is -1.45. The molecule has 0 spiro atoms. The minimum Gasteiger partial charge on any atom is -0.312 e. The first-order valence-corrected chi connectivity index (χ1v) is 8.72. The van der Waals surface area contributed by atoms with E-state index in [1.807, 2.05) is 6.20 Å². The second-order valence-electron chi connectivity index (χ2n) is 6.72. The highest BCUT2D eigenvalue weighted by Crippen LogP contribution is 2.28. The van der Waals surface area contributed by atoms with Crippen LogP contribution in [0.4, 0.5) is 0 Å². The molecule has 0 unspecified atom stereocenters. The van der Waals surface area contributed by atoms with E-state index in [-0.39, 0.29) is 0 Å². The molecule has 116 valence electrons. The van der Waals surface area contributed by atoms with E-state index in [9.17, 15) is 0 Å². The normalized spacial score (nSPS) is 26.5. The van der Waals surface area contributed by atoms with E-state index in [0.717, 1.165) is 12.1 Å². The van der Waals surface area contributed by atoms with E-state index in [1.165, 1.54) is 56.1 Å². The van der Waals surface area contributed by atoms with E-state index in [0.29, 0.717) is 12.1 Å². The SMILES string of the molecule is c1ccc2c(CN3CC[C@@H]4NCCCCC[C@H]43)ccnc2c1. The highest BCUT2D eigenvalue weighted by atomic mass is 15.2. The molecule has 3 heteroatoms. The van der Waals surface area contributed by atoms with Crippen LogP contribution in [-0.2, 0) is 6.54 Å². The number of likely N-dealkylation sites (tertiary alicyclic amines) is 1. The van der Waals surface area contributed by atoms with Crippen LogP contribution < -0.4 is 5.32 Å². The van der Waals surface area contributed by atoms with Crippen LogP contribution in [-0.4, -0.2) is 35.1 Å². The van der Waals surface area contributed by atoms with Crippen LogP contribution in [0.3, 0.4) is 0 Å². The molecule has 0 amide bonds. The fourth-order valence-corrected chi connectivity index (χ4v) is 4.19. The van der Waals surface area contributed by atoms with Gasteiger partial charge in [0.1, 0.15) is 0 Å². The number of hydrogen-bond donors (Lipinski definition) is 1. The Kier molecular flexibility index (Phi) is 4.09. The quantitative estimate of drug-likeness (QED) is 0.921. The first-order chi connectivity index (χ1) is 10.9. The molecule has 4 rings (SSSR count). The summed E-state index contributed by atoms with van der Waals surface area (Å²) in [6.07, 6.45) is 8.72. The lowest BCUT2D eigenvalue weighted by Crippen LogP contribution is -2.43. The second-order valence-corrected chi connectivity index (χ2v) is 6.72. The van der Waals surface area contributed by atoms with Gasteiger partial charge < -0.3 is 5.32 Å². The van der Waals surface area contributed by atoms with Crippen LogP contribution in [0.15, 0.2) is 36.5 Å². The number of fused-ring (bicyclic) bond motifs is 2. The lowest BCUT2D eigenvalue weighted by molar-refractivity contribution is 0.205. The van der Waals surface area contributed by atoms with Gasteiger partial charge in [-0.05, 0) is 43.5 Å². The maximum atomic E-state index is 4.49. The van der Waals surface area contributed by atoms with E-state index < -0.39 is 0 Å². The van der Waals surface area contributed by atoms with Gasteiger partial charge in [0, 0.05) is 36.8 Å². The lowest BCUT2D eigenvalue weighted by Gasteiger charge is -2.30. The van der Waals surface area contributed by atoms with Gasteiger partial charge in [-0.3, -0.25) is 9.88 Å². The lowest BCUT2D eigenvalue weighted by atomic mass is 9.98. The number of rotatable bonds is 2. The number of aromatic nitrogens is 1. The zero-order valence-electron chi connectivity index (χ0n) is 13.2. The van der Waals surface area contributed by atoms with Gasteiger partial charge in [-0.25, -0.2) is 0 Å². The summed E-state index contributed by atoms with van der Waals surface area (Å²) in [6, 6.07) is 12.1. The van der Waals surface area contributed by atoms with Gasteiger partial charge in [-0.1, -0.05) is 31.0 Å². The van der Waals surface area contributed by atoms with Crippen LogP contribution in [0.5, 0.6) is 0 Å². The molecule has 2 aliphatic rings. The predicted octanol–water partition coefficient (Wildman–Crippen LogP) is 3.34. The molecule has 1 aromatic carbocycles. The molecule has 2 atom stereocenters. The third-order valence-electron chi connectivity index (χ3n) is 5.36. The molecule has 3 nitrogen and oxygen atoms in total. The molecule has 2 aliphatic heterocycles. The Labute approximate surface area is 132 Å². The highest BCUT2D eigenvalue weighted by Gasteiger charge is 2.33. The average molecular weight is 295 g/mol. The smallest absolute Gasteiger partial charge is 0.0705 e. The molecule has 22 heavy (non-hydrogen) atoms. The van der Waals surface area contributed by atoms with E-state index in [2.05, 4.69) is 45.5 Å².